The van der Waals surface area contributed by atoms with Gasteiger partial charge in [0.25, 0.3) is 5.91 Å². The van der Waals surface area contributed by atoms with E-state index in [-0.39, 0.29) is 41.3 Å². The summed E-state index contributed by atoms with van der Waals surface area (Å²) in [4.78, 5) is 14.7. The maximum absolute atomic E-state index is 13.1. The van der Waals surface area contributed by atoms with E-state index in [9.17, 15) is 15.0 Å². The second-order valence-corrected chi connectivity index (χ2v) is 10.2. The molecule has 34 heavy (non-hydrogen) atoms. The van der Waals surface area contributed by atoms with Crippen molar-refractivity contribution < 1.29 is 19.4 Å². The first kappa shape index (κ1) is 24.0. The molecule has 1 aliphatic heterocycles. The third-order valence-corrected chi connectivity index (χ3v) is 6.58. The maximum Gasteiger partial charge on any atom is 0.258 e. The molecule has 0 spiro atoms. The van der Waals surface area contributed by atoms with Gasteiger partial charge in [-0.15, -0.1) is 0 Å². The van der Waals surface area contributed by atoms with E-state index >= 15 is 0 Å². The van der Waals surface area contributed by atoms with Crippen molar-refractivity contribution in [2.75, 3.05) is 23.8 Å². The number of aliphatic hydroxyl groups excluding tert-OH is 1. The number of nitrogens with one attached hydrogen (secondary N) is 2. The lowest BCUT2D eigenvalue weighted by atomic mass is 9.85. The van der Waals surface area contributed by atoms with Crippen LogP contribution in [0.25, 0.3) is 0 Å². The number of carbonyl (C=O) groups excluding carboxylic acids is 1. The topological polar surface area (TPSA) is 124 Å². The van der Waals surface area contributed by atoms with Gasteiger partial charge in [0.2, 0.25) is 0 Å². The van der Waals surface area contributed by atoms with Crippen molar-refractivity contribution >= 4 is 35.0 Å². The Morgan fingerprint density at radius 3 is 2.71 bits per heavy atom. The highest BCUT2D eigenvalue weighted by Gasteiger charge is 2.32. The minimum atomic E-state index is -0.298. The number of anilines is 3. The van der Waals surface area contributed by atoms with Crippen LogP contribution in [0.2, 0.25) is 0 Å². The van der Waals surface area contributed by atoms with E-state index in [4.69, 9.17) is 4.42 Å². The van der Waals surface area contributed by atoms with Gasteiger partial charge in [0, 0.05) is 6.54 Å². The lowest BCUT2D eigenvalue weighted by Crippen LogP contribution is -2.37. The van der Waals surface area contributed by atoms with Gasteiger partial charge >= 0.3 is 0 Å². The van der Waals surface area contributed by atoms with Crippen molar-refractivity contribution in [3.05, 3.63) is 47.4 Å². The third kappa shape index (κ3) is 4.88. The number of rotatable bonds is 7. The molecule has 1 unspecified atom stereocenters. The quantitative estimate of drug-likeness (QED) is 0.356. The van der Waals surface area contributed by atoms with E-state index in [0.717, 1.165) is 36.1 Å². The first-order chi connectivity index (χ1) is 16.2. The molecule has 0 saturated carbocycles. The number of aryl methyl sites for hydroxylation is 1. The predicted octanol–water partition coefficient (Wildman–Crippen LogP) is 4.68. The minimum Gasteiger partial charge on any atom is -0.505 e. The van der Waals surface area contributed by atoms with E-state index in [0.29, 0.717) is 23.9 Å². The highest BCUT2D eigenvalue weighted by atomic mass is 32.1. The fraction of sp³-hybridized carbons (Fsp3) is 0.458. The average Bonchev–Trinajstić information content (AvgIpc) is 3.53. The molecule has 0 bridgehead atoms. The summed E-state index contributed by atoms with van der Waals surface area (Å²) in [5.41, 5.74) is 0.350. The highest BCUT2D eigenvalue weighted by molar-refractivity contribution is 6.99. The number of nitrogens with zero attached hydrogens (tertiary/aromatic N) is 3. The Bertz CT molecular complexity index is 1150. The molecule has 4 N–H and O–H groups in total. The van der Waals surface area contributed by atoms with Gasteiger partial charge in [0.15, 0.2) is 17.4 Å². The number of benzene rings is 1. The standard InChI is InChI=1S/C24H31N5O4S/c1-14-10-11-18(33-14)20(24(2,3)4)26-22-21(27-34-28-22)25-17-9-5-8-16(19(17)31)23(32)29-12-6-7-15(29)13-30/h5,8-11,15,20,30-31H,6-7,12-13H2,1-4H3,(H,25,27)(H,26,28)/t15-,20?/m0/s1. The largest absolute Gasteiger partial charge is 0.505 e. The van der Waals surface area contributed by atoms with Crippen LogP contribution >= 0.6 is 11.7 Å². The number of phenolic OH excluding ortho intramolecular Hbond substituents is 1. The predicted molar refractivity (Wildman–Crippen MR) is 132 cm³/mol. The van der Waals surface area contributed by atoms with Crippen LogP contribution in [0.5, 0.6) is 5.75 Å². The number of hydrogen-bond donors (Lipinski definition) is 4. The zero-order valence-corrected chi connectivity index (χ0v) is 20.6. The molecule has 10 heteroatoms. The second kappa shape index (κ2) is 9.63. The highest BCUT2D eigenvalue weighted by Crippen LogP contribution is 2.39. The second-order valence-electron chi connectivity index (χ2n) is 9.66. The first-order valence-corrected chi connectivity index (χ1v) is 12.1. The summed E-state index contributed by atoms with van der Waals surface area (Å²) in [6.45, 7) is 8.69. The molecular formula is C24H31N5O4S. The smallest absolute Gasteiger partial charge is 0.258 e. The Kier molecular flexibility index (Phi) is 6.81. The number of aromatic hydroxyl groups is 1. The molecule has 3 aromatic rings. The molecule has 1 amide bonds. The summed E-state index contributed by atoms with van der Waals surface area (Å²) in [5, 5.41) is 27.0. The minimum absolute atomic E-state index is 0.0892. The Morgan fingerprint density at radius 1 is 1.26 bits per heavy atom. The summed E-state index contributed by atoms with van der Waals surface area (Å²) in [7, 11) is 0. The number of amides is 1. The lowest BCUT2D eigenvalue weighted by Gasteiger charge is -2.30. The number of hydrogen-bond acceptors (Lipinski definition) is 9. The molecular weight excluding hydrogens is 454 g/mol. The van der Waals surface area contributed by atoms with Crippen LogP contribution in [0.1, 0.15) is 61.5 Å². The van der Waals surface area contributed by atoms with Crippen molar-refractivity contribution in [2.24, 2.45) is 5.41 Å². The van der Waals surface area contributed by atoms with Crippen molar-refractivity contribution in [1.29, 1.82) is 0 Å². The number of likely N-dealkylation sites (tertiary alicyclic amines) is 1. The van der Waals surface area contributed by atoms with Crippen molar-refractivity contribution in [3.8, 4) is 5.75 Å². The Balaban J connectivity index is 1.58. The molecule has 1 saturated heterocycles. The number of aromatic nitrogens is 2. The molecule has 2 aromatic heterocycles. The van der Waals surface area contributed by atoms with E-state index in [1.165, 1.54) is 0 Å². The van der Waals surface area contributed by atoms with Crippen LogP contribution in [-0.4, -0.2) is 49.0 Å². The Morgan fingerprint density at radius 2 is 2.03 bits per heavy atom. The van der Waals surface area contributed by atoms with E-state index in [1.54, 1.807) is 23.1 Å². The molecule has 0 radical (unpaired) electrons. The Hall–Kier alpha value is -3.11. The Labute approximate surface area is 203 Å². The van der Waals surface area contributed by atoms with Crippen LogP contribution in [0.3, 0.4) is 0 Å². The number of aliphatic hydroxyl groups is 1. The number of para-hydroxylation sites is 1. The SMILES string of the molecule is Cc1ccc(C(Nc2nsnc2Nc2cccc(C(=O)N3CCC[C@H]3CO)c2O)C(C)(C)C)o1. The first-order valence-electron chi connectivity index (χ1n) is 11.3. The molecule has 2 atom stereocenters. The zero-order valence-electron chi connectivity index (χ0n) is 19.8. The third-order valence-electron chi connectivity index (χ3n) is 6.05. The summed E-state index contributed by atoms with van der Waals surface area (Å²) < 4.78 is 14.6. The van der Waals surface area contributed by atoms with E-state index < -0.39 is 0 Å². The van der Waals surface area contributed by atoms with E-state index in [1.807, 2.05) is 19.1 Å². The molecule has 1 aromatic carbocycles. The van der Waals surface area contributed by atoms with Gasteiger partial charge in [-0.3, -0.25) is 4.79 Å². The molecule has 1 fully saturated rings. The van der Waals surface area contributed by atoms with Gasteiger partial charge in [0.1, 0.15) is 11.5 Å². The van der Waals surface area contributed by atoms with Crippen molar-refractivity contribution in [1.82, 2.24) is 13.6 Å². The average molecular weight is 486 g/mol. The van der Waals surface area contributed by atoms with Crippen molar-refractivity contribution in [3.63, 3.8) is 0 Å². The van der Waals surface area contributed by atoms with Crippen LogP contribution in [0, 0.1) is 12.3 Å². The summed E-state index contributed by atoms with van der Waals surface area (Å²) in [5.74, 6) is 2.13. The van der Waals surface area contributed by atoms with Crippen LogP contribution in [0.15, 0.2) is 34.7 Å². The van der Waals surface area contributed by atoms with Gasteiger partial charge in [0.05, 0.1) is 41.7 Å². The zero-order chi connectivity index (χ0) is 24.5. The normalized spacial score (nSPS) is 17.1. The van der Waals surface area contributed by atoms with Gasteiger partial charge in [-0.25, -0.2) is 0 Å². The molecule has 9 nitrogen and oxygen atoms in total. The van der Waals surface area contributed by atoms with E-state index in [2.05, 4.69) is 40.2 Å². The van der Waals surface area contributed by atoms with Crippen LogP contribution in [-0.2, 0) is 0 Å². The van der Waals surface area contributed by atoms with Gasteiger partial charge in [-0.2, -0.15) is 8.75 Å². The number of furan rings is 1. The van der Waals surface area contributed by atoms with Gasteiger partial charge < -0.3 is 30.2 Å². The molecule has 4 rings (SSSR count). The van der Waals surface area contributed by atoms with Crippen molar-refractivity contribution in [2.45, 2.75) is 52.6 Å². The van der Waals surface area contributed by atoms with Crippen LogP contribution < -0.4 is 10.6 Å². The number of carbonyl (C=O) groups is 1. The lowest BCUT2D eigenvalue weighted by molar-refractivity contribution is 0.0674. The molecule has 3 heterocycles. The maximum atomic E-state index is 13.1. The molecule has 0 aliphatic carbocycles. The fourth-order valence-electron chi connectivity index (χ4n) is 4.22. The number of phenols is 1. The van der Waals surface area contributed by atoms with Crippen LogP contribution in [0.4, 0.5) is 17.3 Å². The van der Waals surface area contributed by atoms with Gasteiger partial charge in [-0.1, -0.05) is 26.8 Å². The molecule has 182 valence electrons. The van der Waals surface area contributed by atoms with Gasteiger partial charge in [-0.05, 0) is 49.4 Å². The fourth-order valence-corrected chi connectivity index (χ4v) is 4.69. The molecule has 1 aliphatic rings. The monoisotopic (exact) mass is 485 g/mol. The summed E-state index contributed by atoms with van der Waals surface area (Å²) in [6, 6.07) is 8.46. The summed E-state index contributed by atoms with van der Waals surface area (Å²) in [6.07, 6.45) is 1.59. The summed E-state index contributed by atoms with van der Waals surface area (Å²) >= 11 is 1.04.